The molecule has 0 bridgehead atoms. The first-order chi connectivity index (χ1) is 10.5. The lowest BCUT2D eigenvalue weighted by Gasteiger charge is -2.29. The summed E-state index contributed by atoms with van der Waals surface area (Å²) < 4.78 is 5.75. The molecule has 0 radical (unpaired) electrons. The lowest BCUT2D eigenvalue weighted by molar-refractivity contribution is 0.198. The van der Waals surface area contributed by atoms with Crippen LogP contribution in [0.4, 0.5) is 4.79 Å². The summed E-state index contributed by atoms with van der Waals surface area (Å²) in [5.74, 6) is 0.719. The van der Waals surface area contributed by atoms with Gasteiger partial charge in [-0.15, -0.1) is 0 Å². The van der Waals surface area contributed by atoms with Crippen molar-refractivity contribution in [3.05, 3.63) is 36.1 Å². The van der Waals surface area contributed by atoms with Gasteiger partial charge in [-0.3, -0.25) is 0 Å². The van der Waals surface area contributed by atoms with E-state index >= 15 is 0 Å². The minimum Gasteiger partial charge on any atom is -0.459 e. The molecule has 5 heteroatoms. The highest BCUT2D eigenvalue weighted by atomic mass is 16.3. The van der Waals surface area contributed by atoms with Crippen LogP contribution in [0.5, 0.6) is 0 Å². The van der Waals surface area contributed by atoms with Crippen LogP contribution in [0.2, 0.25) is 0 Å². The van der Waals surface area contributed by atoms with Crippen LogP contribution < -0.4 is 10.6 Å². The molecule has 0 fully saturated rings. The first-order valence-electron chi connectivity index (χ1n) is 7.65. The highest BCUT2D eigenvalue weighted by Crippen LogP contribution is 2.23. The van der Waals surface area contributed by atoms with Crippen molar-refractivity contribution >= 4 is 17.0 Å². The van der Waals surface area contributed by atoms with Crippen molar-refractivity contribution in [2.75, 3.05) is 6.61 Å². The fraction of sp³-hybridized carbons (Fsp3) is 0.471. The molecular weight excluding hydrogens is 280 g/mol. The second-order valence-corrected chi connectivity index (χ2v) is 5.89. The number of furan rings is 1. The van der Waals surface area contributed by atoms with Crippen LogP contribution in [-0.2, 0) is 0 Å². The molecule has 2 unspecified atom stereocenters. The van der Waals surface area contributed by atoms with E-state index in [0.717, 1.165) is 23.2 Å². The van der Waals surface area contributed by atoms with Crippen LogP contribution in [0.25, 0.3) is 11.0 Å². The number of urea groups is 1. The normalized spacial score (nSPS) is 15.3. The first-order valence-corrected chi connectivity index (χ1v) is 7.65. The molecule has 2 aromatic rings. The number of hydrogen-bond acceptors (Lipinski definition) is 3. The Balaban J connectivity index is 2.01. The number of rotatable bonds is 6. The predicted molar refractivity (Wildman–Crippen MR) is 86.7 cm³/mol. The van der Waals surface area contributed by atoms with Gasteiger partial charge in [0.2, 0.25) is 0 Å². The van der Waals surface area contributed by atoms with Crippen LogP contribution >= 0.6 is 0 Å². The number of fused-ring (bicyclic) bond motifs is 1. The van der Waals surface area contributed by atoms with Gasteiger partial charge in [-0.25, -0.2) is 4.79 Å². The zero-order chi connectivity index (χ0) is 16.2. The van der Waals surface area contributed by atoms with Gasteiger partial charge >= 0.3 is 6.03 Å². The van der Waals surface area contributed by atoms with Crippen LogP contribution in [-0.4, -0.2) is 23.3 Å². The minimum atomic E-state index is -0.410. The molecule has 5 nitrogen and oxygen atoms in total. The number of carbonyl (C=O) groups is 1. The molecule has 2 amide bonds. The highest BCUT2D eigenvalue weighted by molar-refractivity contribution is 5.78. The van der Waals surface area contributed by atoms with E-state index in [1.807, 2.05) is 51.1 Å². The van der Waals surface area contributed by atoms with E-state index in [0.29, 0.717) is 6.42 Å². The number of para-hydroxylation sites is 1. The standard InChI is InChI=1S/C17H24N2O3/c1-4-17(3,9-10-20)19-16(21)18-12(2)15-11-13-7-5-6-8-14(13)22-15/h5-8,11-12,20H,4,9-10H2,1-3H3,(H2,18,19,21). The smallest absolute Gasteiger partial charge is 0.315 e. The van der Waals surface area contributed by atoms with E-state index in [4.69, 9.17) is 9.52 Å². The summed E-state index contributed by atoms with van der Waals surface area (Å²) in [4.78, 5) is 12.1. The SMILES string of the molecule is CCC(C)(CCO)NC(=O)NC(C)c1cc2ccccc2o1. The molecule has 0 aliphatic rings. The Morgan fingerprint density at radius 2 is 2.14 bits per heavy atom. The zero-order valence-corrected chi connectivity index (χ0v) is 13.3. The average Bonchev–Trinajstić information content (AvgIpc) is 2.91. The summed E-state index contributed by atoms with van der Waals surface area (Å²) in [6.07, 6.45) is 1.27. The van der Waals surface area contributed by atoms with Crippen molar-refractivity contribution in [1.29, 1.82) is 0 Å². The molecule has 1 heterocycles. The van der Waals surface area contributed by atoms with E-state index in [1.54, 1.807) is 0 Å². The van der Waals surface area contributed by atoms with Crippen LogP contribution in [0.1, 0.15) is 45.4 Å². The van der Waals surface area contributed by atoms with E-state index in [9.17, 15) is 4.79 Å². The molecule has 0 saturated heterocycles. The van der Waals surface area contributed by atoms with Crippen molar-refractivity contribution in [3.63, 3.8) is 0 Å². The van der Waals surface area contributed by atoms with Crippen LogP contribution in [0, 0.1) is 0 Å². The number of carbonyl (C=O) groups excluding carboxylic acids is 1. The monoisotopic (exact) mass is 304 g/mol. The van der Waals surface area contributed by atoms with Crippen molar-refractivity contribution in [3.8, 4) is 0 Å². The fourth-order valence-corrected chi connectivity index (χ4v) is 2.37. The lowest BCUT2D eigenvalue weighted by Crippen LogP contribution is -2.50. The predicted octanol–water partition coefficient (Wildman–Crippen LogP) is 3.34. The van der Waals surface area contributed by atoms with Gasteiger partial charge in [0.05, 0.1) is 6.04 Å². The topological polar surface area (TPSA) is 74.5 Å². The number of nitrogens with one attached hydrogen (secondary N) is 2. The molecule has 1 aromatic heterocycles. The van der Waals surface area contributed by atoms with Gasteiger partial charge in [0.15, 0.2) is 0 Å². The fourth-order valence-electron chi connectivity index (χ4n) is 2.37. The Bertz CT molecular complexity index is 605. The Labute approximate surface area is 130 Å². The summed E-state index contributed by atoms with van der Waals surface area (Å²) in [5.41, 5.74) is 0.400. The average molecular weight is 304 g/mol. The Hall–Kier alpha value is -2.01. The Morgan fingerprint density at radius 1 is 1.41 bits per heavy atom. The molecule has 0 aliphatic carbocycles. The molecule has 2 atom stereocenters. The van der Waals surface area contributed by atoms with Gasteiger partial charge in [0.1, 0.15) is 11.3 Å². The maximum Gasteiger partial charge on any atom is 0.315 e. The number of aliphatic hydroxyl groups is 1. The summed E-state index contributed by atoms with van der Waals surface area (Å²) in [5, 5.41) is 15.9. The van der Waals surface area contributed by atoms with Gasteiger partial charge in [-0.1, -0.05) is 25.1 Å². The van der Waals surface area contributed by atoms with Crippen molar-refractivity contribution in [1.82, 2.24) is 10.6 Å². The summed E-state index contributed by atoms with van der Waals surface area (Å²) >= 11 is 0. The number of amides is 2. The second kappa shape index (κ2) is 6.83. The maximum atomic E-state index is 12.1. The largest absolute Gasteiger partial charge is 0.459 e. The molecule has 2 rings (SSSR count). The first kappa shape index (κ1) is 16.4. The number of hydrogen-bond donors (Lipinski definition) is 3. The molecule has 120 valence electrons. The third kappa shape index (κ3) is 3.80. The third-order valence-electron chi connectivity index (χ3n) is 4.08. The molecule has 0 saturated carbocycles. The molecule has 0 spiro atoms. The number of aliphatic hydroxyl groups excluding tert-OH is 1. The van der Waals surface area contributed by atoms with Crippen molar-refractivity contribution < 1.29 is 14.3 Å². The van der Waals surface area contributed by atoms with Gasteiger partial charge in [0.25, 0.3) is 0 Å². The molecular formula is C17H24N2O3. The van der Waals surface area contributed by atoms with Gasteiger partial charge in [0, 0.05) is 17.5 Å². The summed E-state index contributed by atoms with van der Waals surface area (Å²) in [7, 11) is 0. The van der Waals surface area contributed by atoms with E-state index in [-0.39, 0.29) is 18.7 Å². The Morgan fingerprint density at radius 3 is 2.77 bits per heavy atom. The summed E-state index contributed by atoms with van der Waals surface area (Å²) in [6.45, 7) is 5.84. The highest BCUT2D eigenvalue weighted by Gasteiger charge is 2.24. The molecule has 22 heavy (non-hydrogen) atoms. The van der Waals surface area contributed by atoms with Crippen LogP contribution in [0.15, 0.2) is 34.7 Å². The third-order valence-corrected chi connectivity index (χ3v) is 4.08. The Kier molecular flexibility index (Phi) is 5.08. The molecule has 3 N–H and O–H groups in total. The minimum absolute atomic E-state index is 0.0454. The number of benzene rings is 1. The molecule has 1 aromatic carbocycles. The quantitative estimate of drug-likeness (QED) is 0.766. The maximum absolute atomic E-state index is 12.1. The lowest BCUT2D eigenvalue weighted by atomic mass is 9.95. The van der Waals surface area contributed by atoms with E-state index in [1.165, 1.54) is 0 Å². The zero-order valence-electron chi connectivity index (χ0n) is 13.3. The van der Waals surface area contributed by atoms with E-state index in [2.05, 4.69) is 10.6 Å². The van der Waals surface area contributed by atoms with Crippen molar-refractivity contribution in [2.24, 2.45) is 0 Å². The van der Waals surface area contributed by atoms with Crippen LogP contribution in [0.3, 0.4) is 0 Å². The van der Waals surface area contributed by atoms with Gasteiger partial charge in [-0.05, 0) is 38.8 Å². The second-order valence-electron chi connectivity index (χ2n) is 5.89. The van der Waals surface area contributed by atoms with E-state index < -0.39 is 5.54 Å². The van der Waals surface area contributed by atoms with Crippen molar-refractivity contribution in [2.45, 2.75) is 45.2 Å². The molecule has 0 aliphatic heterocycles. The summed E-state index contributed by atoms with van der Waals surface area (Å²) in [6, 6.07) is 9.20. The van der Waals surface area contributed by atoms with Gasteiger partial charge in [-0.2, -0.15) is 0 Å². The van der Waals surface area contributed by atoms with Gasteiger partial charge < -0.3 is 20.2 Å².